The van der Waals surface area contributed by atoms with Gasteiger partial charge in [0.15, 0.2) is 0 Å². The fourth-order valence-corrected chi connectivity index (χ4v) is 0. The van der Waals surface area contributed by atoms with Gasteiger partial charge in [-0.15, -0.1) is 0 Å². The van der Waals surface area contributed by atoms with Gasteiger partial charge in [-0.3, -0.25) is 0 Å². The van der Waals surface area contributed by atoms with E-state index in [1.165, 1.54) is 0 Å². The van der Waals surface area contributed by atoms with Crippen molar-refractivity contribution in [3.63, 3.8) is 0 Å². The van der Waals surface area contributed by atoms with Crippen molar-refractivity contribution < 1.29 is 114 Å². The molecule has 110 valence electrons. The van der Waals surface area contributed by atoms with Crippen LogP contribution in [0.25, 0.3) is 0 Å². The minimum atomic E-state index is -6.02. The largest absolute Gasteiger partial charge is 0.0149 e. The van der Waals surface area contributed by atoms with Crippen LogP contribution in [0.2, 0.25) is 0 Å². The third kappa shape index (κ3) is 1810. The molecule has 12 nitrogen and oxygen atoms in total. The Morgan fingerprint density at radius 3 is 0.471 bits per heavy atom. The summed E-state index contributed by atoms with van der Waals surface area (Å²) in [5.74, 6) is 0. The first-order valence-corrected chi connectivity index (χ1v) is 11.8. The fraction of sp³-hybridized carbons (Fsp3) is 0. The molecule has 0 saturated carbocycles. The Hall–Kier alpha value is 1.53. The van der Waals surface area contributed by atoms with Crippen LogP contribution in [0.5, 0.6) is 0 Å². The summed E-state index contributed by atoms with van der Waals surface area (Å²) in [7, 11) is 0. The normalized spacial score (nSPS) is 10.2. The zero-order valence-corrected chi connectivity index (χ0v) is 15.5. The maximum atomic E-state index is 8.63. The van der Waals surface area contributed by atoms with E-state index in [4.69, 9.17) is 42.9 Å². The van der Waals surface area contributed by atoms with E-state index >= 15 is 0 Å². The average Bonchev–Trinajstić information content (AvgIpc) is 1.41. The maximum absolute atomic E-state index is 8.63. The second-order valence-corrected chi connectivity index (χ2v) is 7.25. The number of hydrogen-bond donors (Lipinski definition) is 0. The molecule has 17 heavy (non-hydrogen) atoms. The Morgan fingerprint density at radius 2 is 0.471 bits per heavy atom. The van der Waals surface area contributed by atoms with Crippen LogP contribution in [-0.4, -0.2) is 11.0 Å². The molecule has 0 N–H and O–H groups in total. The van der Waals surface area contributed by atoms with Crippen LogP contribution in [0.4, 0.5) is 0 Å². The predicted molar refractivity (Wildman–Crippen MR) is 15.5 cm³/mol. The van der Waals surface area contributed by atoms with Crippen LogP contribution < -0.4 is 22.6 Å². The fourth-order valence-electron chi connectivity index (χ4n) is 0. The van der Waals surface area contributed by atoms with Gasteiger partial charge in [-0.25, -0.2) is 0 Å². The van der Waals surface area contributed by atoms with Gasteiger partial charge >= 0.3 is 93.2 Å². The first kappa shape index (κ1) is 31.1. The molecule has 0 saturated heterocycles. The first-order chi connectivity index (χ1) is 6.00. The molecule has 0 aliphatic heterocycles. The summed E-state index contributed by atoms with van der Waals surface area (Å²) in [6, 6.07) is 0. The van der Waals surface area contributed by atoms with Gasteiger partial charge in [0.05, 0.1) is 0 Å². The van der Waals surface area contributed by atoms with Gasteiger partial charge in [-0.05, 0) is 11.0 Å². The molecule has 0 aromatic carbocycles. The van der Waals surface area contributed by atoms with E-state index in [0.29, 0.717) is 0 Å². The predicted octanol–water partition coefficient (Wildman–Crippen LogP) is -9.31. The van der Waals surface area contributed by atoms with Crippen LogP contribution in [0.1, 0.15) is 0 Å². The minimum absolute atomic E-state index is 0. The molecule has 0 aliphatic carbocycles. The van der Waals surface area contributed by atoms with Crippen molar-refractivity contribution in [3.05, 3.63) is 0 Å². The van der Waals surface area contributed by atoms with E-state index in [0.717, 1.165) is 0 Å². The molecule has 0 radical (unpaired) electrons. The Bertz CT molecular complexity index is 343. The summed E-state index contributed by atoms with van der Waals surface area (Å²) in [6.07, 6.45) is 0. The monoisotopic (exact) mass is 702 g/mol. The van der Waals surface area contributed by atoms with E-state index in [2.05, 4.69) is 0 Å². The van der Waals surface area contributed by atoms with Crippen molar-refractivity contribution in [2.24, 2.45) is 0 Å². The van der Waals surface area contributed by atoms with Crippen LogP contribution in [-0.2, 0) is 91.7 Å². The van der Waals surface area contributed by atoms with Crippen molar-refractivity contribution in [3.8, 4) is 0 Å². The summed E-state index contributed by atoms with van der Waals surface area (Å²) in [4.78, 5) is 0. The number of rotatable bonds is 0. The molecule has 0 rings (SSSR count). The van der Waals surface area contributed by atoms with E-state index < -0.39 is 50.2 Å². The topological polar surface area (TPSA) is 241 Å². The van der Waals surface area contributed by atoms with Crippen molar-refractivity contribution in [2.45, 2.75) is 0 Å². The Balaban J connectivity index is -0.0000000400. The van der Waals surface area contributed by atoms with E-state index in [-0.39, 0.29) is 32.0 Å². The van der Waals surface area contributed by atoms with Gasteiger partial charge in [-0.1, -0.05) is 0 Å². The second-order valence-electron chi connectivity index (χ2n) is 1.22. The average molecular weight is 696 g/mol. The van der Waals surface area contributed by atoms with Gasteiger partial charge in [0.25, 0.3) is 0 Å². The SMILES string of the molecule is [O]=[Mo](=[O])([O-])[O-].[O]=[Mo](=[O])([O-])[O-].[O]=[Mo](=[O])([O-])[O-].[SiH4].[W]. The van der Waals surface area contributed by atoms with Crippen molar-refractivity contribution in [1.29, 1.82) is 0 Å². The standard InChI is InChI=1S/3Mo.12O.H4Si.W/h;;;;;;;;;;;;;;;1H4;/q;;;;;;;;;6*-1;;. The van der Waals surface area contributed by atoms with Crippen molar-refractivity contribution in [2.75, 3.05) is 0 Å². The molecule has 0 atom stereocenters. The molecular formula is H4Mo3O12SiW-6. The summed E-state index contributed by atoms with van der Waals surface area (Å²) in [5, 5.41) is 0. The minimum Gasteiger partial charge on any atom is -0.0149 e. The van der Waals surface area contributed by atoms with Crippen LogP contribution >= 0.6 is 0 Å². The molecule has 0 heterocycles. The van der Waals surface area contributed by atoms with Gasteiger partial charge in [0, 0.05) is 21.1 Å². The summed E-state index contributed by atoms with van der Waals surface area (Å²) < 4.78 is 104. The zero-order chi connectivity index (χ0) is 13.5. The molecule has 0 aromatic rings. The van der Waals surface area contributed by atoms with Gasteiger partial charge in [0.2, 0.25) is 0 Å². The molecule has 0 aromatic heterocycles. The smallest absolute Gasteiger partial charge is 0 e. The van der Waals surface area contributed by atoms with Gasteiger partial charge < -0.3 is 0 Å². The molecule has 0 unspecified atom stereocenters. The summed E-state index contributed by atoms with van der Waals surface area (Å²) in [5.41, 5.74) is 0. The molecule has 0 bridgehead atoms. The van der Waals surface area contributed by atoms with Crippen LogP contribution in [0.3, 0.4) is 0 Å². The molecule has 17 heteroatoms. The molecule has 0 aliphatic rings. The zero-order valence-electron chi connectivity index (χ0n) is 6.53. The maximum Gasteiger partial charge on any atom is 0 e. The van der Waals surface area contributed by atoms with E-state index in [9.17, 15) is 0 Å². The molecule has 0 amide bonds. The second kappa shape index (κ2) is 12.6. The summed E-state index contributed by atoms with van der Waals surface area (Å²) in [6.45, 7) is 0. The van der Waals surface area contributed by atoms with E-state index in [1.54, 1.807) is 0 Å². The van der Waals surface area contributed by atoms with Crippen LogP contribution in [0, 0.1) is 0 Å². The van der Waals surface area contributed by atoms with Gasteiger partial charge in [0.1, 0.15) is 0 Å². The Labute approximate surface area is 124 Å². The third-order valence-electron chi connectivity index (χ3n) is 0. The summed E-state index contributed by atoms with van der Waals surface area (Å²) >= 11 is -18.1. The van der Waals surface area contributed by atoms with Gasteiger partial charge in [-0.2, -0.15) is 0 Å². The Morgan fingerprint density at radius 1 is 0.471 bits per heavy atom. The van der Waals surface area contributed by atoms with E-state index in [1.807, 2.05) is 0 Å². The van der Waals surface area contributed by atoms with Crippen molar-refractivity contribution in [1.82, 2.24) is 0 Å². The number of hydrogen-bond acceptors (Lipinski definition) is 12. The third-order valence-corrected chi connectivity index (χ3v) is 0. The molecule has 0 fully saturated rings. The van der Waals surface area contributed by atoms with Crippen LogP contribution in [0.15, 0.2) is 0 Å². The first-order valence-electron chi connectivity index (χ1n) is 2.00. The van der Waals surface area contributed by atoms with Crippen molar-refractivity contribution >= 4 is 11.0 Å². The molecular weight excluding hydrogens is 692 g/mol. The molecule has 0 spiro atoms. The Kier molecular flexibility index (Phi) is 23.0. The quantitative estimate of drug-likeness (QED) is 0.215.